The zero-order valence-electron chi connectivity index (χ0n) is 14.4. The lowest BCUT2D eigenvalue weighted by atomic mass is 10.1. The molecule has 6 nitrogen and oxygen atoms in total. The molecule has 0 bridgehead atoms. The van der Waals surface area contributed by atoms with Crippen molar-refractivity contribution in [3.05, 3.63) is 60.2 Å². The fraction of sp³-hybridized carbons (Fsp3) is 0.300. The van der Waals surface area contributed by atoms with Crippen LogP contribution >= 0.6 is 0 Å². The first-order chi connectivity index (χ1) is 12.7. The van der Waals surface area contributed by atoms with Gasteiger partial charge in [0.1, 0.15) is 6.04 Å². The van der Waals surface area contributed by atoms with Crippen LogP contribution in [0.25, 0.3) is 0 Å². The number of carbonyl (C=O) groups is 2. The molecule has 3 amide bonds. The molecule has 4 rings (SSSR count). The molecule has 1 saturated heterocycles. The van der Waals surface area contributed by atoms with E-state index in [1.807, 2.05) is 54.6 Å². The molecule has 2 heterocycles. The number of hydrogen-bond acceptors (Lipinski definition) is 3. The van der Waals surface area contributed by atoms with Crippen LogP contribution < -0.4 is 20.9 Å². The minimum absolute atomic E-state index is 0.00233. The standard InChI is InChI=1S/C20H22N4O2/c25-19-18-12-15(13-24(18)17-9-5-4-8-16(17)23-19)22-20(26)21-11-10-14-6-2-1-3-7-14/h1-9,15,18H,10-13H2,(H,23,25)(H2,21,22,26). The van der Waals surface area contributed by atoms with Gasteiger partial charge in [-0.2, -0.15) is 0 Å². The van der Waals surface area contributed by atoms with Crippen molar-refractivity contribution in [3.63, 3.8) is 0 Å². The normalized spacial score (nSPS) is 20.8. The number of anilines is 2. The van der Waals surface area contributed by atoms with Gasteiger partial charge in [0.25, 0.3) is 0 Å². The van der Waals surface area contributed by atoms with Crippen molar-refractivity contribution < 1.29 is 9.59 Å². The predicted molar refractivity (Wildman–Crippen MR) is 101 cm³/mol. The molecule has 1 fully saturated rings. The molecular weight excluding hydrogens is 328 g/mol. The van der Waals surface area contributed by atoms with Gasteiger partial charge < -0.3 is 20.9 Å². The van der Waals surface area contributed by atoms with Crippen molar-refractivity contribution in [2.24, 2.45) is 0 Å². The maximum absolute atomic E-state index is 12.3. The van der Waals surface area contributed by atoms with Gasteiger partial charge in [0.2, 0.25) is 5.91 Å². The molecule has 134 valence electrons. The molecular formula is C20H22N4O2. The molecule has 0 spiro atoms. The second-order valence-corrected chi connectivity index (χ2v) is 6.74. The van der Waals surface area contributed by atoms with Gasteiger partial charge >= 0.3 is 6.03 Å². The van der Waals surface area contributed by atoms with Crippen molar-refractivity contribution in [3.8, 4) is 0 Å². The summed E-state index contributed by atoms with van der Waals surface area (Å²) in [6.07, 6.45) is 1.41. The Morgan fingerprint density at radius 3 is 2.73 bits per heavy atom. The van der Waals surface area contributed by atoms with E-state index in [9.17, 15) is 9.59 Å². The quantitative estimate of drug-likeness (QED) is 0.791. The topological polar surface area (TPSA) is 73.5 Å². The Labute approximate surface area is 152 Å². The fourth-order valence-electron chi connectivity index (χ4n) is 3.70. The number of carbonyl (C=O) groups excluding carboxylic acids is 2. The van der Waals surface area contributed by atoms with Crippen LogP contribution in [0.4, 0.5) is 16.2 Å². The van der Waals surface area contributed by atoms with Gasteiger partial charge in [-0.15, -0.1) is 0 Å². The third-order valence-electron chi connectivity index (χ3n) is 4.95. The first-order valence-corrected chi connectivity index (χ1v) is 8.95. The highest BCUT2D eigenvalue weighted by Crippen LogP contribution is 2.36. The van der Waals surface area contributed by atoms with E-state index in [1.54, 1.807) is 0 Å². The van der Waals surface area contributed by atoms with Gasteiger partial charge in [-0.25, -0.2) is 4.79 Å². The van der Waals surface area contributed by atoms with Crippen molar-refractivity contribution in [1.82, 2.24) is 10.6 Å². The first-order valence-electron chi connectivity index (χ1n) is 8.95. The summed E-state index contributed by atoms with van der Waals surface area (Å²) < 4.78 is 0. The van der Waals surface area contributed by atoms with Gasteiger partial charge in [0, 0.05) is 13.1 Å². The highest BCUT2D eigenvalue weighted by molar-refractivity contribution is 6.04. The van der Waals surface area contributed by atoms with E-state index in [0.717, 1.165) is 17.8 Å². The number of benzene rings is 2. The Bertz CT molecular complexity index is 808. The maximum Gasteiger partial charge on any atom is 0.315 e. The Balaban J connectivity index is 1.31. The zero-order valence-corrected chi connectivity index (χ0v) is 14.4. The van der Waals surface area contributed by atoms with Gasteiger partial charge in [-0.3, -0.25) is 4.79 Å². The third kappa shape index (κ3) is 3.35. The number of para-hydroxylation sites is 2. The van der Waals surface area contributed by atoms with E-state index in [2.05, 4.69) is 20.9 Å². The van der Waals surface area contributed by atoms with E-state index in [0.29, 0.717) is 19.5 Å². The van der Waals surface area contributed by atoms with E-state index >= 15 is 0 Å². The lowest BCUT2D eigenvalue weighted by Gasteiger charge is -2.32. The largest absolute Gasteiger partial charge is 0.356 e. The SMILES string of the molecule is O=C(NCCc1ccccc1)NC1CC2C(=O)Nc3ccccc3N2C1. The van der Waals surface area contributed by atoms with E-state index in [1.165, 1.54) is 5.56 Å². The predicted octanol–water partition coefficient (Wildman–Crippen LogP) is 2.13. The average molecular weight is 350 g/mol. The third-order valence-corrected chi connectivity index (χ3v) is 4.95. The average Bonchev–Trinajstić information content (AvgIpc) is 3.07. The minimum Gasteiger partial charge on any atom is -0.356 e. The summed E-state index contributed by atoms with van der Waals surface area (Å²) in [5, 5.41) is 8.85. The van der Waals surface area contributed by atoms with Crippen LogP contribution in [0.15, 0.2) is 54.6 Å². The number of urea groups is 1. The molecule has 6 heteroatoms. The molecule has 2 atom stereocenters. The summed E-state index contributed by atoms with van der Waals surface area (Å²) in [5.41, 5.74) is 3.05. The molecule has 3 N–H and O–H groups in total. The molecule has 2 unspecified atom stereocenters. The van der Waals surface area contributed by atoms with Gasteiger partial charge in [0.05, 0.1) is 17.4 Å². The Morgan fingerprint density at radius 1 is 1.12 bits per heavy atom. The molecule has 2 aromatic rings. The summed E-state index contributed by atoms with van der Waals surface area (Å²) in [6, 6.07) is 17.4. The van der Waals surface area contributed by atoms with Crippen LogP contribution in [-0.4, -0.2) is 37.1 Å². The molecule has 0 saturated carbocycles. The van der Waals surface area contributed by atoms with Crippen molar-refractivity contribution >= 4 is 23.3 Å². The van der Waals surface area contributed by atoms with Crippen LogP contribution in [0.3, 0.4) is 0 Å². The molecule has 0 aromatic heterocycles. The van der Waals surface area contributed by atoms with Crippen molar-refractivity contribution in [2.45, 2.75) is 24.9 Å². The first kappa shape index (κ1) is 16.4. The van der Waals surface area contributed by atoms with E-state index in [4.69, 9.17) is 0 Å². The van der Waals surface area contributed by atoms with Crippen LogP contribution in [0.5, 0.6) is 0 Å². The number of amides is 3. The van der Waals surface area contributed by atoms with Gasteiger partial charge in [0.15, 0.2) is 0 Å². The highest BCUT2D eigenvalue weighted by atomic mass is 16.2. The summed E-state index contributed by atoms with van der Waals surface area (Å²) >= 11 is 0. The van der Waals surface area contributed by atoms with Crippen LogP contribution in [0.1, 0.15) is 12.0 Å². The Morgan fingerprint density at radius 2 is 1.88 bits per heavy atom. The molecule has 26 heavy (non-hydrogen) atoms. The smallest absolute Gasteiger partial charge is 0.315 e. The maximum atomic E-state index is 12.3. The molecule has 2 aromatic carbocycles. The summed E-state index contributed by atoms with van der Waals surface area (Å²) in [7, 11) is 0. The summed E-state index contributed by atoms with van der Waals surface area (Å²) in [4.78, 5) is 26.6. The highest BCUT2D eigenvalue weighted by Gasteiger charge is 2.41. The second-order valence-electron chi connectivity index (χ2n) is 6.74. The van der Waals surface area contributed by atoms with Crippen LogP contribution in [0, 0.1) is 0 Å². The van der Waals surface area contributed by atoms with Crippen LogP contribution in [0.2, 0.25) is 0 Å². The lowest BCUT2D eigenvalue weighted by molar-refractivity contribution is -0.117. The number of nitrogens with zero attached hydrogens (tertiary/aromatic N) is 1. The summed E-state index contributed by atoms with van der Waals surface area (Å²) in [5.74, 6) is -0.00233. The molecule has 2 aliphatic heterocycles. The van der Waals surface area contributed by atoms with E-state index < -0.39 is 0 Å². The number of rotatable bonds is 4. The lowest BCUT2D eigenvalue weighted by Crippen LogP contribution is -2.44. The number of fused-ring (bicyclic) bond motifs is 3. The second kappa shape index (κ2) is 7.07. The fourth-order valence-corrected chi connectivity index (χ4v) is 3.70. The number of hydrogen-bond donors (Lipinski definition) is 3. The summed E-state index contributed by atoms with van der Waals surface area (Å²) in [6.45, 7) is 1.22. The van der Waals surface area contributed by atoms with Crippen molar-refractivity contribution in [1.29, 1.82) is 0 Å². The number of nitrogens with one attached hydrogen (secondary N) is 3. The zero-order chi connectivity index (χ0) is 17.9. The Hall–Kier alpha value is -3.02. The minimum atomic E-state index is -0.223. The molecule has 0 radical (unpaired) electrons. The Kier molecular flexibility index (Phi) is 4.48. The molecule has 0 aliphatic carbocycles. The van der Waals surface area contributed by atoms with E-state index in [-0.39, 0.29) is 24.0 Å². The molecule has 2 aliphatic rings. The van der Waals surface area contributed by atoms with Crippen LogP contribution in [-0.2, 0) is 11.2 Å². The van der Waals surface area contributed by atoms with Gasteiger partial charge in [-0.05, 0) is 30.5 Å². The van der Waals surface area contributed by atoms with Gasteiger partial charge in [-0.1, -0.05) is 42.5 Å². The van der Waals surface area contributed by atoms with Crippen molar-refractivity contribution in [2.75, 3.05) is 23.3 Å². The monoisotopic (exact) mass is 350 g/mol.